The second-order valence-electron chi connectivity index (χ2n) is 8.40. The number of benzene rings is 3. The molecule has 0 atom stereocenters. The summed E-state index contributed by atoms with van der Waals surface area (Å²) < 4.78 is 33.9. The van der Waals surface area contributed by atoms with Crippen molar-refractivity contribution < 1.29 is 16.8 Å². The largest absolute Gasteiger partial charge is 0.314 e. The number of nitrogens with zero attached hydrogens (tertiary/aromatic N) is 2. The van der Waals surface area contributed by atoms with Crippen LogP contribution in [0.3, 0.4) is 0 Å². The molecule has 0 fully saturated rings. The van der Waals surface area contributed by atoms with Gasteiger partial charge in [0.25, 0.3) is 10.1 Å². The monoisotopic (exact) mass is 516 g/mol. The van der Waals surface area contributed by atoms with E-state index in [1.165, 1.54) is 12.0 Å². The Hall–Kier alpha value is -3.30. The maximum Gasteiger partial charge on any atom is 0.296 e. The second-order valence-corrected chi connectivity index (χ2v) is 11.1. The Morgan fingerprint density at radius 1 is 0.694 bits per heavy atom. The molecule has 0 N–H and O–H groups in total. The molecular formula is C28H24N2O4S2. The van der Waals surface area contributed by atoms with Crippen molar-refractivity contribution in [3.8, 4) is 22.3 Å². The van der Waals surface area contributed by atoms with E-state index in [-0.39, 0.29) is 4.90 Å². The Morgan fingerprint density at radius 2 is 1.17 bits per heavy atom. The van der Waals surface area contributed by atoms with E-state index in [1.54, 1.807) is 31.4 Å². The third-order valence-electron chi connectivity index (χ3n) is 6.03. The van der Waals surface area contributed by atoms with Gasteiger partial charge in [-0.2, -0.15) is 8.42 Å². The lowest BCUT2D eigenvalue weighted by atomic mass is 9.95. The molecule has 2 aromatic heterocycles. The van der Waals surface area contributed by atoms with Crippen molar-refractivity contribution in [2.45, 2.75) is 23.6 Å². The summed E-state index contributed by atoms with van der Waals surface area (Å²) in [5.74, 6) is 0. The molecule has 0 radical (unpaired) electrons. The number of aryl methyl sites for hydroxylation is 2. The summed E-state index contributed by atoms with van der Waals surface area (Å²) in [5, 5.41) is 1.97. The maximum atomic E-state index is 12.0. The summed E-state index contributed by atoms with van der Waals surface area (Å²) in [5.41, 5.74) is 7.43. The molecule has 0 unspecified atom stereocenters. The van der Waals surface area contributed by atoms with Gasteiger partial charge in [-0.1, -0.05) is 36.4 Å². The average molecular weight is 517 g/mol. The SMILES string of the molecule is COSc1ccc(-c2cc(C)nc3c2ccc2c(-c4ccc(S(=O)(=O)OC)cc4)cc(C)nc23)cc1. The number of hydrogen-bond acceptors (Lipinski definition) is 7. The predicted octanol–water partition coefficient (Wildman–Crippen LogP) is 6.72. The van der Waals surface area contributed by atoms with Crippen LogP contribution in [0.5, 0.6) is 0 Å². The smallest absolute Gasteiger partial charge is 0.296 e. The zero-order chi connectivity index (χ0) is 25.4. The zero-order valence-corrected chi connectivity index (χ0v) is 21.9. The molecule has 0 saturated heterocycles. The highest BCUT2D eigenvalue weighted by molar-refractivity contribution is 7.94. The number of aromatic nitrogens is 2. The Bertz CT molecular complexity index is 1700. The van der Waals surface area contributed by atoms with Crippen molar-refractivity contribution in [1.29, 1.82) is 0 Å². The van der Waals surface area contributed by atoms with Crippen LogP contribution < -0.4 is 0 Å². The first-order chi connectivity index (χ1) is 17.3. The molecule has 2 heterocycles. The third kappa shape index (κ3) is 4.49. The topological polar surface area (TPSA) is 78.4 Å². The summed E-state index contributed by atoms with van der Waals surface area (Å²) in [4.78, 5) is 10.9. The molecule has 0 spiro atoms. The van der Waals surface area contributed by atoms with E-state index in [4.69, 9.17) is 14.2 Å². The van der Waals surface area contributed by atoms with Crippen LogP contribution in [0.4, 0.5) is 0 Å². The van der Waals surface area contributed by atoms with E-state index in [0.29, 0.717) is 0 Å². The molecule has 36 heavy (non-hydrogen) atoms. The Morgan fingerprint density at radius 3 is 1.61 bits per heavy atom. The molecule has 3 aromatic carbocycles. The van der Waals surface area contributed by atoms with Crippen molar-refractivity contribution in [3.05, 3.63) is 84.2 Å². The van der Waals surface area contributed by atoms with Gasteiger partial charge in [0, 0.05) is 39.1 Å². The molecule has 5 rings (SSSR count). The van der Waals surface area contributed by atoms with Gasteiger partial charge in [0.1, 0.15) is 0 Å². The molecule has 182 valence electrons. The summed E-state index contributed by atoms with van der Waals surface area (Å²) in [6.07, 6.45) is 0. The zero-order valence-electron chi connectivity index (χ0n) is 20.3. The average Bonchev–Trinajstić information content (AvgIpc) is 2.88. The lowest BCUT2D eigenvalue weighted by Crippen LogP contribution is -2.02. The predicted molar refractivity (Wildman–Crippen MR) is 144 cm³/mol. The van der Waals surface area contributed by atoms with Gasteiger partial charge < -0.3 is 4.18 Å². The second kappa shape index (κ2) is 9.63. The standard InChI is InChI=1S/C28H24N2O4S2/c1-17-15-25(19-5-9-21(10-6-19)35-33-3)23-13-14-24-26(16-18(2)30-28(24)27(23)29-17)20-7-11-22(12-8-20)36(31,32)34-4/h5-16H,1-4H3. The van der Waals surface area contributed by atoms with E-state index in [1.807, 2.05) is 32.0 Å². The number of pyridine rings is 2. The normalized spacial score (nSPS) is 11.9. The molecule has 0 aliphatic heterocycles. The highest BCUT2D eigenvalue weighted by Gasteiger charge is 2.16. The van der Waals surface area contributed by atoms with Crippen LogP contribution in [-0.4, -0.2) is 32.6 Å². The maximum absolute atomic E-state index is 12.0. The lowest BCUT2D eigenvalue weighted by molar-refractivity contribution is 0.398. The Kier molecular flexibility index (Phi) is 6.53. The molecule has 8 heteroatoms. The van der Waals surface area contributed by atoms with Gasteiger partial charge in [0.05, 0.1) is 30.1 Å². The van der Waals surface area contributed by atoms with Crippen LogP contribution in [0.25, 0.3) is 44.1 Å². The van der Waals surface area contributed by atoms with E-state index in [2.05, 4.69) is 34.5 Å². The third-order valence-corrected chi connectivity index (χ3v) is 7.95. The fourth-order valence-electron chi connectivity index (χ4n) is 4.39. The van der Waals surface area contributed by atoms with Crippen LogP contribution in [-0.2, 0) is 18.5 Å². The minimum absolute atomic E-state index is 0.117. The minimum atomic E-state index is -3.75. The molecular weight excluding hydrogens is 492 g/mol. The molecule has 0 saturated carbocycles. The first-order valence-electron chi connectivity index (χ1n) is 11.2. The lowest BCUT2D eigenvalue weighted by Gasteiger charge is -2.14. The van der Waals surface area contributed by atoms with Crippen LogP contribution in [0.1, 0.15) is 11.4 Å². The highest BCUT2D eigenvalue weighted by Crippen LogP contribution is 2.37. The van der Waals surface area contributed by atoms with E-state index < -0.39 is 10.1 Å². The molecule has 0 aliphatic rings. The van der Waals surface area contributed by atoms with Crippen LogP contribution in [0.2, 0.25) is 0 Å². The fourth-order valence-corrected chi connectivity index (χ4v) is 5.49. The van der Waals surface area contributed by atoms with Crippen LogP contribution in [0, 0.1) is 13.8 Å². The molecule has 0 bridgehead atoms. The summed E-state index contributed by atoms with van der Waals surface area (Å²) in [6, 6.07) is 23.2. The first kappa shape index (κ1) is 24.4. The van der Waals surface area contributed by atoms with E-state index in [9.17, 15) is 8.42 Å². The van der Waals surface area contributed by atoms with Crippen molar-refractivity contribution in [2.24, 2.45) is 0 Å². The van der Waals surface area contributed by atoms with Crippen molar-refractivity contribution in [1.82, 2.24) is 9.97 Å². The first-order valence-corrected chi connectivity index (χ1v) is 13.4. The van der Waals surface area contributed by atoms with E-state index >= 15 is 0 Å². The van der Waals surface area contributed by atoms with Gasteiger partial charge >= 0.3 is 0 Å². The summed E-state index contributed by atoms with van der Waals surface area (Å²) >= 11 is 1.33. The summed E-state index contributed by atoms with van der Waals surface area (Å²) in [6.45, 7) is 3.94. The van der Waals surface area contributed by atoms with Crippen molar-refractivity contribution in [3.63, 3.8) is 0 Å². The molecule has 0 amide bonds. The molecule has 5 aromatic rings. The van der Waals surface area contributed by atoms with Gasteiger partial charge in [-0.05, 0) is 72.5 Å². The van der Waals surface area contributed by atoms with E-state index in [0.717, 1.165) is 67.5 Å². The number of hydrogen-bond donors (Lipinski definition) is 0. The van der Waals surface area contributed by atoms with Gasteiger partial charge in [-0.25, -0.2) is 0 Å². The minimum Gasteiger partial charge on any atom is -0.314 e. The van der Waals surface area contributed by atoms with Gasteiger partial charge in [-0.15, -0.1) is 0 Å². The Balaban J connectivity index is 1.70. The van der Waals surface area contributed by atoms with Crippen molar-refractivity contribution >= 4 is 44.0 Å². The van der Waals surface area contributed by atoms with Crippen LogP contribution in [0.15, 0.2) is 82.6 Å². The highest BCUT2D eigenvalue weighted by atomic mass is 32.2. The van der Waals surface area contributed by atoms with Gasteiger partial charge in [0.15, 0.2) is 0 Å². The molecule has 6 nitrogen and oxygen atoms in total. The summed E-state index contributed by atoms with van der Waals surface area (Å²) in [7, 11) is -0.937. The molecule has 0 aliphatic carbocycles. The fraction of sp³-hybridized carbons (Fsp3) is 0.143. The number of fused-ring (bicyclic) bond motifs is 3. The Labute approximate surface area is 214 Å². The van der Waals surface area contributed by atoms with Crippen LogP contribution >= 0.6 is 12.0 Å². The van der Waals surface area contributed by atoms with Gasteiger partial charge in [-0.3, -0.25) is 14.2 Å². The number of rotatable bonds is 6. The quantitative estimate of drug-likeness (QED) is 0.141. The van der Waals surface area contributed by atoms with Crippen molar-refractivity contribution in [2.75, 3.05) is 14.2 Å². The van der Waals surface area contributed by atoms with Gasteiger partial charge in [0.2, 0.25) is 0 Å².